The minimum absolute atomic E-state index is 0.224. The van der Waals surface area contributed by atoms with E-state index in [0.717, 1.165) is 49.7 Å². The van der Waals surface area contributed by atoms with Crippen LogP contribution in [0.25, 0.3) is 0 Å². The molecule has 0 radical (unpaired) electrons. The number of amides is 1. The van der Waals surface area contributed by atoms with Crippen LogP contribution in [-0.4, -0.2) is 43.5 Å². The van der Waals surface area contributed by atoms with E-state index in [1.807, 2.05) is 24.3 Å². The first kappa shape index (κ1) is 18.1. The van der Waals surface area contributed by atoms with Gasteiger partial charge in [-0.1, -0.05) is 18.2 Å². The van der Waals surface area contributed by atoms with Crippen molar-refractivity contribution in [3.63, 3.8) is 0 Å². The van der Waals surface area contributed by atoms with Gasteiger partial charge in [-0.05, 0) is 31.7 Å². The molecule has 1 heterocycles. The van der Waals surface area contributed by atoms with Crippen LogP contribution in [-0.2, 0) is 11.3 Å². The van der Waals surface area contributed by atoms with Crippen molar-refractivity contribution in [3.05, 3.63) is 29.8 Å². The average Bonchev–Trinajstić information content (AvgIpc) is 2.58. The number of guanidine groups is 1. The van der Waals surface area contributed by atoms with Gasteiger partial charge in [0, 0.05) is 31.6 Å². The Labute approximate surface area is 144 Å². The lowest BCUT2D eigenvalue weighted by Gasteiger charge is -2.34. The molecule has 1 unspecified atom stereocenters. The molecule has 1 amide bonds. The van der Waals surface area contributed by atoms with Crippen molar-refractivity contribution in [1.82, 2.24) is 10.2 Å². The molecular weight excluding hydrogens is 304 g/mol. The van der Waals surface area contributed by atoms with Crippen molar-refractivity contribution in [2.45, 2.75) is 32.7 Å². The molecule has 0 saturated carbocycles. The topological polar surface area (TPSA) is 80.0 Å². The smallest absolute Gasteiger partial charge is 0.217 e. The second kappa shape index (κ2) is 9.15. The maximum atomic E-state index is 11.2. The summed E-state index contributed by atoms with van der Waals surface area (Å²) in [6, 6.07) is 7.92. The van der Waals surface area contributed by atoms with Gasteiger partial charge in [0.05, 0.1) is 13.7 Å². The number of ether oxygens (including phenoxy) is 1. The molecule has 0 spiro atoms. The summed E-state index contributed by atoms with van der Waals surface area (Å²) in [6.07, 6.45) is 2.55. The molecule has 6 nitrogen and oxygen atoms in total. The Hall–Kier alpha value is -2.24. The molecule has 3 N–H and O–H groups in total. The molecule has 1 aromatic rings. The summed E-state index contributed by atoms with van der Waals surface area (Å²) in [7, 11) is 1.67. The number of rotatable bonds is 6. The fraction of sp³-hybridized carbons (Fsp3) is 0.556. The lowest BCUT2D eigenvalue weighted by atomic mass is 9.95. The monoisotopic (exact) mass is 332 g/mol. The Balaban J connectivity index is 2.08. The number of hydrogen-bond donors (Lipinski definition) is 2. The number of aliphatic imine (C=N–C) groups is 1. The van der Waals surface area contributed by atoms with Crippen molar-refractivity contribution in [2.75, 3.05) is 26.7 Å². The van der Waals surface area contributed by atoms with Crippen molar-refractivity contribution in [1.29, 1.82) is 0 Å². The molecular formula is C18H28N4O2. The molecule has 24 heavy (non-hydrogen) atoms. The predicted octanol–water partition coefficient (Wildman–Crippen LogP) is 1.75. The van der Waals surface area contributed by atoms with Gasteiger partial charge in [-0.2, -0.15) is 0 Å². The van der Waals surface area contributed by atoms with Gasteiger partial charge in [0.1, 0.15) is 5.75 Å². The van der Waals surface area contributed by atoms with E-state index in [1.54, 1.807) is 7.11 Å². The molecule has 1 atom stereocenters. The number of nitrogens with zero attached hydrogens (tertiary/aromatic N) is 2. The number of nitrogens with two attached hydrogens (primary N) is 1. The number of piperidine rings is 1. The molecule has 1 saturated heterocycles. The molecule has 1 aliphatic rings. The highest BCUT2D eigenvalue weighted by molar-refractivity contribution is 5.80. The van der Waals surface area contributed by atoms with Gasteiger partial charge in [-0.25, -0.2) is 4.99 Å². The standard InChI is InChI=1S/C18H28N4O2/c1-3-20-18(21-12-15-8-4-5-9-16(15)24-2)22-10-6-7-14(13-22)11-17(19)23/h4-5,8-9,14H,3,6-7,10-13H2,1-2H3,(H2,19,23)(H,20,21). The number of nitrogens with one attached hydrogen (secondary N) is 1. The van der Waals surface area contributed by atoms with Gasteiger partial charge >= 0.3 is 0 Å². The highest BCUT2D eigenvalue weighted by Crippen LogP contribution is 2.21. The molecule has 1 aromatic carbocycles. The SMILES string of the molecule is CCNC(=NCc1ccccc1OC)N1CCCC(CC(N)=O)C1. The maximum absolute atomic E-state index is 11.2. The van der Waals surface area contributed by atoms with Crippen molar-refractivity contribution in [2.24, 2.45) is 16.6 Å². The van der Waals surface area contributed by atoms with E-state index in [2.05, 4.69) is 17.1 Å². The first-order valence-corrected chi connectivity index (χ1v) is 8.57. The lowest BCUT2D eigenvalue weighted by Crippen LogP contribution is -2.47. The fourth-order valence-electron chi connectivity index (χ4n) is 3.13. The zero-order valence-corrected chi connectivity index (χ0v) is 14.6. The Morgan fingerprint density at radius 1 is 1.46 bits per heavy atom. The number of benzene rings is 1. The highest BCUT2D eigenvalue weighted by Gasteiger charge is 2.23. The van der Waals surface area contributed by atoms with Gasteiger partial charge in [0.15, 0.2) is 5.96 Å². The van der Waals surface area contributed by atoms with Crippen LogP contribution in [0.4, 0.5) is 0 Å². The van der Waals surface area contributed by atoms with Crippen molar-refractivity contribution < 1.29 is 9.53 Å². The van der Waals surface area contributed by atoms with Crippen LogP contribution < -0.4 is 15.8 Å². The predicted molar refractivity (Wildman–Crippen MR) is 95.9 cm³/mol. The van der Waals surface area contributed by atoms with Crippen LogP contribution in [0.1, 0.15) is 31.7 Å². The summed E-state index contributed by atoms with van der Waals surface area (Å²) < 4.78 is 5.39. The van der Waals surface area contributed by atoms with Gasteiger partial charge in [0.2, 0.25) is 5.91 Å². The van der Waals surface area contributed by atoms with E-state index in [4.69, 9.17) is 15.5 Å². The summed E-state index contributed by atoms with van der Waals surface area (Å²) in [5.41, 5.74) is 6.41. The van der Waals surface area contributed by atoms with E-state index in [1.165, 1.54) is 0 Å². The quantitative estimate of drug-likeness (QED) is 0.614. The van der Waals surface area contributed by atoms with Crippen LogP contribution in [0.5, 0.6) is 5.75 Å². The van der Waals surface area contributed by atoms with Crippen LogP contribution >= 0.6 is 0 Å². The minimum atomic E-state index is -0.224. The first-order chi connectivity index (χ1) is 11.6. The average molecular weight is 332 g/mol. The van der Waals surface area contributed by atoms with Crippen LogP contribution in [0.2, 0.25) is 0 Å². The van der Waals surface area contributed by atoms with Crippen LogP contribution in [0.15, 0.2) is 29.3 Å². The van der Waals surface area contributed by atoms with Crippen LogP contribution in [0, 0.1) is 5.92 Å². The molecule has 2 rings (SSSR count). The second-order valence-electron chi connectivity index (χ2n) is 6.11. The number of methoxy groups -OCH3 is 1. The molecule has 0 aliphatic carbocycles. The van der Waals surface area contributed by atoms with E-state index < -0.39 is 0 Å². The molecule has 1 fully saturated rings. The Bertz CT molecular complexity index is 574. The highest BCUT2D eigenvalue weighted by atomic mass is 16.5. The van der Waals surface area contributed by atoms with E-state index in [0.29, 0.717) is 18.9 Å². The molecule has 6 heteroatoms. The summed E-state index contributed by atoms with van der Waals surface area (Å²) >= 11 is 0. The largest absolute Gasteiger partial charge is 0.496 e. The first-order valence-electron chi connectivity index (χ1n) is 8.57. The number of primary amides is 1. The summed E-state index contributed by atoms with van der Waals surface area (Å²) in [6.45, 7) is 5.20. The van der Waals surface area contributed by atoms with Gasteiger partial charge in [-0.3, -0.25) is 4.79 Å². The third-order valence-corrected chi connectivity index (χ3v) is 4.23. The minimum Gasteiger partial charge on any atom is -0.496 e. The summed E-state index contributed by atoms with van der Waals surface area (Å²) in [5, 5.41) is 3.35. The fourth-order valence-corrected chi connectivity index (χ4v) is 3.13. The number of hydrogen-bond acceptors (Lipinski definition) is 3. The zero-order chi connectivity index (χ0) is 17.4. The zero-order valence-electron chi connectivity index (χ0n) is 14.6. The normalized spacial score (nSPS) is 18.3. The van der Waals surface area contributed by atoms with E-state index in [-0.39, 0.29) is 5.91 Å². The molecule has 132 valence electrons. The van der Waals surface area contributed by atoms with Gasteiger partial charge in [-0.15, -0.1) is 0 Å². The third kappa shape index (κ3) is 5.15. The lowest BCUT2D eigenvalue weighted by molar-refractivity contribution is -0.119. The van der Waals surface area contributed by atoms with E-state index in [9.17, 15) is 4.79 Å². The Morgan fingerprint density at radius 3 is 2.96 bits per heavy atom. The molecule has 1 aliphatic heterocycles. The molecule has 0 aromatic heterocycles. The summed E-state index contributed by atoms with van der Waals surface area (Å²) in [5.74, 6) is 1.82. The number of carbonyl (C=O) groups excluding carboxylic acids is 1. The second-order valence-corrected chi connectivity index (χ2v) is 6.11. The van der Waals surface area contributed by atoms with Gasteiger partial charge < -0.3 is 20.7 Å². The van der Waals surface area contributed by atoms with Crippen LogP contribution in [0.3, 0.4) is 0 Å². The van der Waals surface area contributed by atoms with Gasteiger partial charge in [0.25, 0.3) is 0 Å². The number of para-hydroxylation sites is 1. The summed E-state index contributed by atoms with van der Waals surface area (Å²) in [4.78, 5) is 18.2. The number of carbonyl (C=O) groups is 1. The molecule has 0 bridgehead atoms. The van der Waals surface area contributed by atoms with Crippen molar-refractivity contribution in [3.8, 4) is 5.75 Å². The third-order valence-electron chi connectivity index (χ3n) is 4.23. The maximum Gasteiger partial charge on any atom is 0.217 e. The van der Waals surface area contributed by atoms with E-state index >= 15 is 0 Å². The Morgan fingerprint density at radius 2 is 2.25 bits per heavy atom. The number of likely N-dealkylation sites (tertiary alicyclic amines) is 1. The van der Waals surface area contributed by atoms with Crippen molar-refractivity contribution >= 4 is 11.9 Å². The Kier molecular flexibility index (Phi) is 6.90.